The van der Waals surface area contributed by atoms with E-state index in [1.807, 2.05) is 26.8 Å². The Balaban J connectivity index is 1.76. The summed E-state index contributed by atoms with van der Waals surface area (Å²) in [7, 11) is 0. The molecule has 2 aliphatic rings. The van der Waals surface area contributed by atoms with Crippen LogP contribution in [0.25, 0.3) is 6.08 Å². The average Bonchev–Trinajstić information content (AvgIpc) is 3.59. The van der Waals surface area contributed by atoms with E-state index in [1.165, 1.54) is 6.08 Å². The van der Waals surface area contributed by atoms with Gasteiger partial charge in [-0.1, -0.05) is 25.3 Å². The zero-order chi connectivity index (χ0) is 31.6. The van der Waals surface area contributed by atoms with Gasteiger partial charge in [0, 0.05) is 65.3 Å². The van der Waals surface area contributed by atoms with Crippen LogP contribution in [0.3, 0.4) is 0 Å². The Hall–Kier alpha value is -4.86. The van der Waals surface area contributed by atoms with Crippen molar-refractivity contribution in [2.75, 3.05) is 0 Å². The minimum atomic E-state index is -0.913. The van der Waals surface area contributed by atoms with Crippen molar-refractivity contribution in [1.29, 1.82) is 0 Å². The fourth-order valence-corrected chi connectivity index (χ4v) is 5.98. The Morgan fingerprint density at radius 1 is 0.814 bits per heavy atom. The smallest absolute Gasteiger partial charge is 0.303 e. The fourth-order valence-electron chi connectivity index (χ4n) is 5.98. The van der Waals surface area contributed by atoms with Gasteiger partial charge in [-0.2, -0.15) is 0 Å². The molecule has 10 nitrogen and oxygen atoms in total. The predicted molar refractivity (Wildman–Crippen MR) is 163 cm³/mol. The highest BCUT2D eigenvalue weighted by Crippen LogP contribution is 2.31. The molecule has 6 N–H and O–H groups in total. The van der Waals surface area contributed by atoms with Crippen LogP contribution in [-0.4, -0.2) is 50.0 Å². The maximum Gasteiger partial charge on any atom is 0.303 e. The second-order valence-corrected chi connectivity index (χ2v) is 11.0. The number of aliphatic carboxylic acids is 2. The van der Waals surface area contributed by atoms with Gasteiger partial charge < -0.3 is 30.8 Å². The van der Waals surface area contributed by atoms with Crippen molar-refractivity contribution in [2.24, 2.45) is 0 Å². The van der Waals surface area contributed by atoms with Gasteiger partial charge in [0.1, 0.15) is 0 Å². The summed E-state index contributed by atoms with van der Waals surface area (Å²) < 4.78 is 0. The number of amides is 2. The lowest BCUT2D eigenvalue weighted by atomic mass is 9.96. The van der Waals surface area contributed by atoms with Gasteiger partial charge in [0.2, 0.25) is 5.91 Å². The maximum atomic E-state index is 12.3. The minimum Gasteiger partial charge on any atom is -0.481 e. The van der Waals surface area contributed by atoms with Gasteiger partial charge in [0.05, 0.1) is 6.04 Å². The number of aromatic amines is 2. The van der Waals surface area contributed by atoms with Crippen LogP contribution in [0, 0.1) is 13.8 Å². The van der Waals surface area contributed by atoms with Crippen LogP contribution in [0.5, 0.6) is 0 Å². The van der Waals surface area contributed by atoms with E-state index in [9.17, 15) is 29.4 Å². The second-order valence-electron chi connectivity index (χ2n) is 11.0. The monoisotopic (exact) mass is 586 g/mol. The van der Waals surface area contributed by atoms with Crippen LogP contribution in [-0.2, 0) is 44.9 Å². The van der Waals surface area contributed by atoms with E-state index in [-0.39, 0.29) is 30.7 Å². The second kappa shape index (κ2) is 12.6. The Morgan fingerprint density at radius 3 is 1.98 bits per heavy atom. The average molecular weight is 587 g/mol. The van der Waals surface area contributed by atoms with Crippen LogP contribution < -0.4 is 10.6 Å². The molecule has 0 fully saturated rings. The van der Waals surface area contributed by atoms with Gasteiger partial charge in [0.25, 0.3) is 5.91 Å². The number of carbonyl (C=O) groups excluding carboxylic acids is 2. The van der Waals surface area contributed by atoms with E-state index in [0.29, 0.717) is 42.5 Å². The number of carbonyl (C=O) groups is 4. The third kappa shape index (κ3) is 6.33. The summed E-state index contributed by atoms with van der Waals surface area (Å²) in [5.41, 5.74) is 10.2. The number of carboxylic acids is 2. The molecule has 2 amide bonds. The molecule has 43 heavy (non-hydrogen) atoms. The van der Waals surface area contributed by atoms with Gasteiger partial charge in [-0.05, 0) is 80.0 Å². The lowest BCUT2D eigenvalue weighted by Crippen LogP contribution is -2.30. The molecule has 0 aliphatic carbocycles. The normalized spacial score (nSPS) is 17.6. The fraction of sp³-hybridized carbons (Fsp3) is 0.333. The molecule has 0 radical (unpaired) electrons. The molecule has 2 aromatic rings. The number of nitrogens with one attached hydrogen (secondary N) is 4. The van der Waals surface area contributed by atoms with Crippen LogP contribution >= 0.6 is 0 Å². The first-order valence-corrected chi connectivity index (χ1v) is 14.2. The van der Waals surface area contributed by atoms with Crippen molar-refractivity contribution in [3.63, 3.8) is 0 Å². The summed E-state index contributed by atoms with van der Waals surface area (Å²) in [6, 6.07) is -0.252. The van der Waals surface area contributed by atoms with Crippen LogP contribution in [0.2, 0.25) is 0 Å². The summed E-state index contributed by atoms with van der Waals surface area (Å²) in [6.45, 7) is 15.1. The number of aromatic nitrogens is 2. The molecule has 0 unspecified atom stereocenters. The number of rotatable bonds is 13. The molecule has 226 valence electrons. The topological polar surface area (TPSA) is 164 Å². The third-order valence-electron chi connectivity index (χ3n) is 8.49. The van der Waals surface area contributed by atoms with E-state index >= 15 is 0 Å². The van der Waals surface area contributed by atoms with E-state index in [0.717, 1.165) is 56.2 Å². The molecule has 2 aliphatic heterocycles. The van der Waals surface area contributed by atoms with Gasteiger partial charge >= 0.3 is 11.9 Å². The maximum absolute atomic E-state index is 12.3. The Bertz CT molecular complexity index is 1640. The van der Waals surface area contributed by atoms with E-state index < -0.39 is 11.9 Å². The lowest BCUT2D eigenvalue weighted by molar-refractivity contribution is -0.138. The largest absolute Gasteiger partial charge is 0.481 e. The van der Waals surface area contributed by atoms with Gasteiger partial charge in [0.15, 0.2) is 0 Å². The summed E-state index contributed by atoms with van der Waals surface area (Å²) >= 11 is 0. The molecule has 0 bridgehead atoms. The van der Waals surface area contributed by atoms with Crippen molar-refractivity contribution >= 4 is 29.8 Å². The van der Waals surface area contributed by atoms with E-state index in [4.69, 9.17) is 0 Å². The Labute approximate surface area is 250 Å². The summed E-state index contributed by atoms with van der Waals surface area (Å²) in [4.78, 5) is 54.7. The van der Waals surface area contributed by atoms with Crippen molar-refractivity contribution in [2.45, 2.75) is 72.3 Å². The molecular formula is C33H38N4O6. The molecule has 0 saturated heterocycles. The number of allylic oxidation sites excluding steroid dienone is 1. The predicted octanol–water partition coefficient (Wildman–Crippen LogP) is 4.10. The first-order chi connectivity index (χ1) is 20.4. The van der Waals surface area contributed by atoms with Crippen molar-refractivity contribution in [1.82, 2.24) is 20.6 Å². The molecule has 1 atom stereocenters. The Morgan fingerprint density at radius 2 is 1.42 bits per heavy atom. The van der Waals surface area contributed by atoms with Crippen LogP contribution in [0.15, 0.2) is 53.3 Å². The molecule has 0 aromatic carbocycles. The summed E-state index contributed by atoms with van der Waals surface area (Å²) in [5.74, 6) is -2.18. The Kier molecular flexibility index (Phi) is 9.08. The highest BCUT2D eigenvalue weighted by molar-refractivity contribution is 6.03. The van der Waals surface area contributed by atoms with Crippen molar-refractivity contribution in [3.8, 4) is 0 Å². The standard InChI is InChI=1S/C33H38N4O6/c1-7-20-19(6)32(42)37-27(20)14-25-18(5)23(10-12-31(40)41)29(35-25)15-28-22(9-11-30(38)39)17(4)24(34-28)13-26-16(3)21(8-2)33(43)36-26/h7-8,13,27,34-35H,1-2,9-12,14-15H2,3-6H3,(H,36,43)(H,37,42)(H,38,39)(H,40,41)/b26-13-/t27-/m0/s1. The lowest BCUT2D eigenvalue weighted by Gasteiger charge is -2.13. The van der Waals surface area contributed by atoms with Gasteiger partial charge in [-0.25, -0.2) is 0 Å². The van der Waals surface area contributed by atoms with Crippen LogP contribution in [0.4, 0.5) is 0 Å². The quantitative estimate of drug-likeness (QED) is 0.207. The molecule has 4 heterocycles. The summed E-state index contributed by atoms with van der Waals surface area (Å²) in [6.07, 6.45) is 6.43. The van der Waals surface area contributed by atoms with Gasteiger partial charge in [-0.15, -0.1) is 0 Å². The zero-order valence-corrected chi connectivity index (χ0v) is 25.0. The molecule has 2 aromatic heterocycles. The van der Waals surface area contributed by atoms with Crippen molar-refractivity contribution < 1.29 is 29.4 Å². The number of H-pyrrole nitrogens is 2. The number of hydrogen-bond donors (Lipinski definition) is 6. The molecule has 0 saturated carbocycles. The molecule has 4 rings (SSSR count). The minimum absolute atomic E-state index is 0.0495. The molecule has 0 spiro atoms. The van der Waals surface area contributed by atoms with E-state index in [2.05, 4.69) is 33.8 Å². The highest BCUT2D eigenvalue weighted by Gasteiger charge is 2.29. The first-order valence-electron chi connectivity index (χ1n) is 14.2. The number of hydrogen-bond acceptors (Lipinski definition) is 4. The SMILES string of the molecule is C=CC1=C(C)/C(=C/c2[nH]c(Cc3[nH]c(C[C@@H]4NC(=O)C(C)=C4C=C)c(C)c3CCC(=O)O)c(CCC(=O)O)c2C)NC1=O. The molecule has 10 heteroatoms. The molecular weight excluding hydrogens is 548 g/mol. The van der Waals surface area contributed by atoms with E-state index in [1.54, 1.807) is 13.0 Å². The summed E-state index contributed by atoms with van der Waals surface area (Å²) in [5, 5.41) is 24.7. The number of carboxylic acid groups (broad SMARTS) is 2. The zero-order valence-electron chi connectivity index (χ0n) is 25.0. The van der Waals surface area contributed by atoms with Crippen molar-refractivity contribution in [3.05, 3.63) is 98.3 Å². The third-order valence-corrected chi connectivity index (χ3v) is 8.49. The van der Waals surface area contributed by atoms with Gasteiger partial charge in [-0.3, -0.25) is 19.2 Å². The first kappa shape index (κ1) is 31.1. The van der Waals surface area contributed by atoms with Crippen LogP contribution in [0.1, 0.15) is 71.7 Å². The highest BCUT2D eigenvalue weighted by atomic mass is 16.4.